The molecule has 4 aromatic rings. The predicted molar refractivity (Wildman–Crippen MR) is 166 cm³/mol. The lowest BCUT2D eigenvalue weighted by molar-refractivity contribution is -0.137. The van der Waals surface area contributed by atoms with Crippen molar-refractivity contribution in [1.82, 2.24) is 24.9 Å². The van der Waals surface area contributed by atoms with Crippen molar-refractivity contribution in [3.8, 4) is 5.75 Å². The van der Waals surface area contributed by atoms with Gasteiger partial charge in [0.25, 0.3) is 0 Å². The van der Waals surface area contributed by atoms with E-state index in [2.05, 4.69) is 54.2 Å². The van der Waals surface area contributed by atoms with Crippen LogP contribution in [0.15, 0.2) is 36.5 Å². The number of aryl methyl sites for hydroxylation is 3. The van der Waals surface area contributed by atoms with Crippen LogP contribution in [0.5, 0.6) is 5.75 Å². The number of nitrogens with zero attached hydrogens (tertiary/aromatic N) is 5. The van der Waals surface area contributed by atoms with E-state index in [1.807, 2.05) is 30.1 Å². The van der Waals surface area contributed by atoms with Crippen molar-refractivity contribution >= 4 is 17.0 Å². The van der Waals surface area contributed by atoms with Crippen LogP contribution >= 0.6 is 0 Å². The number of pyridine rings is 1. The summed E-state index contributed by atoms with van der Waals surface area (Å²) >= 11 is 0. The minimum atomic E-state index is -0.787. The fourth-order valence-corrected chi connectivity index (χ4v) is 7.49. The number of rotatable bonds is 8. The summed E-state index contributed by atoms with van der Waals surface area (Å²) < 4.78 is 8.28. The van der Waals surface area contributed by atoms with Crippen LogP contribution in [-0.4, -0.2) is 48.6 Å². The number of benzene rings is 2. The summed E-state index contributed by atoms with van der Waals surface area (Å²) in [5, 5.41) is 19.1. The summed E-state index contributed by atoms with van der Waals surface area (Å²) in [6.07, 6.45) is 8.44. The van der Waals surface area contributed by atoms with Gasteiger partial charge >= 0.3 is 5.97 Å². The van der Waals surface area contributed by atoms with E-state index in [1.165, 1.54) is 22.3 Å². The quantitative estimate of drug-likeness (QED) is 0.259. The third kappa shape index (κ3) is 5.09. The van der Waals surface area contributed by atoms with Crippen LogP contribution in [0, 0.1) is 6.92 Å². The fraction of sp³-hybridized carbons (Fsp3) is 0.486. The van der Waals surface area contributed by atoms with Crippen LogP contribution in [0.3, 0.4) is 0 Å². The first-order valence-electron chi connectivity index (χ1n) is 15.9. The Hall–Kier alpha value is -3.78. The zero-order chi connectivity index (χ0) is 29.8. The molecule has 0 saturated heterocycles. The molecule has 2 aromatic heterocycles. The molecule has 1 saturated carbocycles. The summed E-state index contributed by atoms with van der Waals surface area (Å²) in [4.78, 5) is 19.6. The van der Waals surface area contributed by atoms with Crippen LogP contribution in [0.2, 0.25) is 0 Å². The van der Waals surface area contributed by atoms with Gasteiger partial charge in [0.05, 0.1) is 23.7 Å². The van der Waals surface area contributed by atoms with Gasteiger partial charge in [-0.1, -0.05) is 30.3 Å². The van der Waals surface area contributed by atoms with Gasteiger partial charge in [-0.15, -0.1) is 5.10 Å². The molecular formula is C35H41N5O3. The third-order valence-electron chi connectivity index (χ3n) is 10.0. The monoisotopic (exact) mass is 579 g/mol. The second kappa shape index (κ2) is 11.1. The largest absolute Gasteiger partial charge is 0.487 e. The van der Waals surface area contributed by atoms with E-state index in [1.54, 1.807) is 0 Å². The Bertz CT molecular complexity index is 1710. The van der Waals surface area contributed by atoms with E-state index in [9.17, 15) is 9.90 Å². The highest BCUT2D eigenvalue weighted by Gasteiger charge is 2.33. The van der Waals surface area contributed by atoms with Crippen molar-refractivity contribution in [3.05, 3.63) is 81.2 Å². The molecule has 7 rings (SSSR count). The first-order chi connectivity index (χ1) is 20.8. The molecule has 0 spiro atoms. The van der Waals surface area contributed by atoms with Gasteiger partial charge in [-0.05, 0) is 109 Å². The van der Waals surface area contributed by atoms with E-state index >= 15 is 0 Å². The summed E-state index contributed by atoms with van der Waals surface area (Å²) in [7, 11) is 1.95. The number of aliphatic carboxylic acids is 1. The van der Waals surface area contributed by atoms with Crippen molar-refractivity contribution < 1.29 is 14.6 Å². The molecule has 0 radical (unpaired) electrons. The molecule has 224 valence electrons. The van der Waals surface area contributed by atoms with Crippen LogP contribution < -0.4 is 4.74 Å². The number of carboxylic acid groups (broad SMARTS) is 1. The summed E-state index contributed by atoms with van der Waals surface area (Å²) in [5.41, 5.74) is 11.5. The van der Waals surface area contributed by atoms with Crippen LogP contribution in [-0.2, 0) is 31.2 Å². The smallest absolute Gasteiger partial charge is 0.304 e. The van der Waals surface area contributed by atoms with Gasteiger partial charge in [-0.25, -0.2) is 4.68 Å². The van der Waals surface area contributed by atoms with Crippen molar-refractivity contribution in [2.24, 2.45) is 7.05 Å². The standard InChI is InChI=1S/C35H41N5O3/c1-5-26-19-40(21(3)34-31(43-26)10-7-13-36-34)18-25-15-24(14-23-8-6-9-27(23)25)29(17-32(41)42)28-16-30(22-11-12-22)35-33(20(28)2)37-38-39(35)4/h7,10,13-16,21-22,26,29H,5-6,8-9,11-12,17-19H2,1-4H3,(H,41,42)/t21-,26+,29-/m0/s1. The number of hydrogen-bond donors (Lipinski definition) is 1. The molecule has 8 nitrogen and oxygen atoms in total. The Kier molecular flexibility index (Phi) is 7.20. The summed E-state index contributed by atoms with van der Waals surface area (Å²) in [6.45, 7) is 8.08. The Balaban J connectivity index is 1.32. The summed E-state index contributed by atoms with van der Waals surface area (Å²) in [5.74, 6) is 0.327. The zero-order valence-corrected chi connectivity index (χ0v) is 25.6. The maximum atomic E-state index is 12.4. The van der Waals surface area contributed by atoms with Crippen molar-refractivity contribution in [1.29, 1.82) is 0 Å². The average Bonchev–Trinajstić information content (AvgIpc) is 3.63. The van der Waals surface area contributed by atoms with Gasteiger partial charge in [0.1, 0.15) is 17.4 Å². The predicted octanol–water partition coefficient (Wildman–Crippen LogP) is 6.38. The van der Waals surface area contributed by atoms with Crippen molar-refractivity contribution in [2.75, 3.05) is 6.54 Å². The minimum Gasteiger partial charge on any atom is -0.487 e. The Labute approximate surface area is 253 Å². The van der Waals surface area contributed by atoms with Gasteiger partial charge in [0.2, 0.25) is 0 Å². The van der Waals surface area contributed by atoms with E-state index in [0.717, 1.165) is 90.8 Å². The molecule has 0 bridgehead atoms. The van der Waals surface area contributed by atoms with E-state index in [4.69, 9.17) is 9.72 Å². The number of carboxylic acids is 1. The fourth-order valence-electron chi connectivity index (χ4n) is 7.49. The number of carbonyl (C=O) groups is 1. The molecule has 3 aliphatic rings. The van der Waals surface area contributed by atoms with Gasteiger partial charge in [0, 0.05) is 32.3 Å². The highest BCUT2D eigenvalue weighted by molar-refractivity contribution is 5.84. The number of hydrogen-bond acceptors (Lipinski definition) is 6. The zero-order valence-electron chi connectivity index (χ0n) is 25.6. The highest BCUT2D eigenvalue weighted by Crippen LogP contribution is 2.46. The highest BCUT2D eigenvalue weighted by atomic mass is 16.5. The van der Waals surface area contributed by atoms with E-state index in [0.29, 0.717) is 5.92 Å². The average molecular weight is 580 g/mol. The molecule has 1 aliphatic heterocycles. The van der Waals surface area contributed by atoms with Gasteiger partial charge in [0.15, 0.2) is 0 Å². The molecule has 1 fully saturated rings. The van der Waals surface area contributed by atoms with Crippen molar-refractivity contribution in [2.45, 2.75) is 96.2 Å². The van der Waals surface area contributed by atoms with Crippen LogP contribution in [0.25, 0.3) is 11.0 Å². The first-order valence-corrected chi connectivity index (χ1v) is 15.9. The Morgan fingerprint density at radius 3 is 2.81 bits per heavy atom. The van der Waals surface area contributed by atoms with Crippen molar-refractivity contribution in [3.63, 3.8) is 0 Å². The minimum absolute atomic E-state index is 0.0398. The Morgan fingerprint density at radius 1 is 1.21 bits per heavy atom. The summed E-state index contributed by atoms with van der Waals surface area (Å²) in [6, 6.07) is 11.0. The van der Waals surface area contributed by atoms with Gasteiger partial charge in [-0.2, -0.15) is 0 Å². The van der Waals surface area contributed by atoms with Gasteiger partial charge in [-0.3, -0.25) is 14.7 Å². The maximum absolute atomic E-state index is 12.4. The van der Waals surface area contributed by atoms with Gasteiger partial charge < -0.3 is 9.84 Å². The second-order valence-corrected chi connectivity index (χ2v) is 12.8. The van der Waals surface area contributed by atoms with E-state index in [-0.39, 0.29) is 24.5 Å². The normalized spacial score (nSPS) is 20.8. The maximum Gasteiger partial charge on any atom is 0.304 e. The third-order valence-corrected chi connectivity index (χ3v) is 10.0. The molecule has 0 unspecified atom stereocenters. The molecule has 43 heavy (non-hydrogen) atoms. The van der Waals surface area contributed by atoms with Crippen LogP contribution in [0.4, 0.5) is 0 Å². The lowest BCUT2D eigenvalue weighted by Crippen LogP contribution is -2.34. The SMILES string of the molecule is CC[C@@H]1CN(Cc2cc([C@H](CC(=O)O)c3cc(C4CC4)c4c(nnn4C)c3C)cc3c2CCC3)[C@@H](C)c2ncccc2O1. The molecule has 2 aromatic carbocycles. The molecule has 1 N–H and O–H groups in total. The number of aromatic nitrogens is 4. The molecule has 8 heteroatoms. The molecular weight excluding hydrogens is 538 g/mol. The number of fused-ring (bicyclic) bond motifs is 3. The van der Waals surface area contributed by atoms with Crippen LogP contribution in [0.1, 0.15) is 108 Å². The Morgan fingerprint density at radius 2 is 2.05 bits per heavy atom. The van der Waals surface area contributed by atoms with E-state index < -0.39 is 5.97 Å². The molecule has 3 heterocycles. The second-order valence-electron chi connectivity index (χ2n) is 12.8. The lowest BCUT2D eigenvalue weighted by atomic mass is 9.82. The number of ether oxygens (including phenoxy) is 1. The first kappa shape index (κ1) is 28.0. The molecule has 3 atom stereocenters. The lowest BCUT2D eigenvalue weighted by Gasteiger charge is -2.30. The molecule has 2 aliphatic carbocycles. The molecule has 0 amide bonds. The topological polar surface area (TPSA) is 93.4 Å².